The second kappa shape index (κ2) is 3.93. The van der Waals surface area contributed by atoms with Crippen LogP contribution in [0.3, 0.4) is 0 Å². The first-order valence-corrected chi connectivity index (χ1v) is 6.16. The summed E-state index contributed by atoms with van der Waals surface area (Å²) in [6, 6.07) is 9.87. The number of nitrogens with zero attached hydrogens (tertiary/aromatic N) is 1. The fraction of sp³-hybridized carbons (Fsp3) is 0.286. The maximum absolute atomic E-state index is 11.9. The molecule has 0 aliphatic carbocycles. The summed E-state index contributed by atoms with van der Waals surface area (Å²) in [5, 5.41) is 0. The van der Waals surface area contributed by atoms with Crippen LogP contribution in [0.2, 0.25) is 0 Å². The molecule has 1 aromatic heterocycles. The Hall–Kier alpha value is -2.14. The van der Waals surface area contributed by atoms with Crippen molar-refractivity contribution in [3.63, 3.8) is 0 Å². The van der Waals surface area contributed by atoms with Gasteiger partial charge in [-0.2, -0.15) is 0 Å². The largest absolute Gasteiger partial charge is 0.325 e. The Morgan fingerprint density at radius 2 is 1.84 bits per heavy atom. The summed E-state index contributed by atoms with van der Waals surface area (Å²) >= 11 is 0. The molecule has 0 spiro atoms. The summed E-state index contributed by atoms with van der Waals surface area (Å²) in [6.45, 7) is 2.54. The first kappa shape index (κ1) is 11.9. The van der Waals surface area contributed by atoms with Crippen molar-refractivity contribution in [1.82, 2.24) is 14.9 Å². The molecule has 1 aliphatic rings. The van der Waals surface area contributed by atoms with Gasteiger partial charge in [0.1, 0.15) is 0 Å². The molecule has 98 valence electrons. The van der Waals surface area contributed by atoms with Crippen molar-refractivity contribution in [2.45, 2.75) is 19.0 Å². The lowest BCUT2D eigenvalue weighted by molar-refractivity contribution is 0.197. The number of hydrogen-bond donors (Lipinski definition) is 2. The van der Waals surface area contributed by atoms with Crippen molar-refractivity contribution in [3.05, 3.63) is 68.0 Å². The Morgan fingerprint density at radius 1 is 1.16 bits per heavy atom. The van der Waals surface area contributed by atoms with Crippen LogP contribution in [-0.2, 0) is 12.1 Å². The lowest BCUT2D eigenvalue weighted by Crippen LogP contribution is -2.38. The molecule has 5 heteroatoms. The zero-order valence-electron chi connectivity index (χ0n) is 10.9. The number of rotatable bonds is 1. The van der Waals surface area contributed by atoms with E-state index < -0.39 is 11.2 Å². The molecule has 2 heterocycles. The van der Waals surface area contributed by atoms with Gasteiger partial charge < -0.3 is 4.98 Å². The summed E-state index contributed by atoms with van der Waals surface area (Å²) in [7, 11) is 1.95. The summed E-state index contributed by atoms with van der Waals surface area (Å²) in [5.41, 5.74) is 1.14. The highest BCUT2D eigenvalue weighted by atomic mass is 16.2. The first-order chi connectivity index (χ1) is 9.03. The minimum absolute atomic E-state index is 0.301. The normalized spacial score (nSPS) is 22.4. The number of aromatic amines is 2. The summed E-state index contributed by atoms with van der Waals surface area (Å²) in [5.74, 6) is 0. The number of nitrogens with one attached hydrogen (secondary N) is 2. The van der Waals surface area contributed by atoms with Crippen LogP contribution in [0, 0.1) is 0 Å². The average Bonchev–Trinajstić information content (AvgIpc) is 2.66. The fourth-order valence-corrected chi connectivity index (χ4v) is 2.79. The second-order valence-electron chi connectivity index (χ2n) is 5.06. The van der Waals surface area contributed by atoms with Gasteiger partial charge in [-0.25, -0.2) is 4.79 Å². The number of hydrogen-bond acceptors (Lipinski definition) is 3. The third-order valence-corrected chi connectivity index (χ3v) is 4.02. The maximum atomic E-state index is 11.9. The van der Waals surface area contributed by atoms with Crippen LogP contribution in [0.25, 0.3) is 0 Å². The van der Waals surface area contributed by atoms with Crippen molar-refractivity contribution < 1.29 is 0 Å². The van der Waals surface area contributed by atoms with Crippen LogP contribution in [0.1, 0.15) is 23.7 Å². The van der Waals surface area contributed by atoms with Gasteiger partial charge in [-0.15, -0.1) is 0 Å². The van der Waals surface area contributed by atoms with Crippen LogP contribution >= 0.6 is 0 Å². The van der Waals surface area contributed by atoms with Gasteiger partial charge in [0.15, 0.2) is 0 Å². The molecular weight excluding hydrogens is 242 g/mol. The van der Waals surface area contributed by atoms with Gasteiger partial charge in [0.25, 0.3) is 5.56 Å². The standard InChI is InChI=1S/C14H15N3O2/c1-14(9-6-4-3-5-7-9)11-10(8-17(14)2)12(18)16-13(19)15-11/h3-7H,8H2,1-2H3,(H2,15,16,18,19). The van der Waals surface area contributed by atoms with Crippen molar-refractivity contribution in [3.8, 4) is 0 Å². The molecule has 19 heavy (non-hydrogen) atoms. The lowest BCUT2D eigenvalue weighted by atomic mass is 9.88. The highest BCUT2D eigenvalue weighted by Crippen LogP contribution is 2.39. The lowest BCUT2D eigenvalue weighted by Gasteiger charge is -2.33. The zero-order valence-corrected chi connectivity index (χ0v) is 10.9. The highest BCUT2D eigenvalue weighted by Gasteiger charge is 2.42. The highest BCUT2D eigenvalue weighted by molar-refractivity contribution is 5.40. The molecule has 0 radical (unpaired) electrons. The zero-order chi connectivity index (χ0) is 13.6. The summed E-state index contributed by atoms with van der Waals surface area (Å²) < 4.78 is 0. The van der Waals surface area contributed by atoms with Gasteiger partial charge in [-0.1, -0.05) is 30.3 Å². The molecule has 2 N–H and O–H groups in total. The fourth-order valence-electron chi connectivity index (χ4n) is 2.79. The predicted octanol–water partition coefficient (Wildman–Crippen LogP) is 0.772. The number of H-pyrrole nitrogens is 2. The Bertz CT molecular complexity index is 732. The smallest absolute Gasteiger partial charge is 0.309 e. The van der Waals surface area contributed by atoms with Crippen LogP contribution < -0.4 is 11.2 Å². The van der Waals surface area contributed by atoms with E-state index >= 15 is 0 Å². The molecule has 1 aromatic carbocycles. The Labute approximate surface area is 109 Å². The van der Waals surface area contributed by atoms with Crippen molar-refractivity contribution in [2.24, 2.45) is 0 Å². The van der Waals surface area contributed by atoms with E-state index in [0.29, 0.717) is 17.8 Å². The molecule has 1 unspecified atom stereocenters. The minimum atomic E-state index is -0.482. The Morgan fingerprint density at radius 3 is 2.53 bits per heavy atom. The van der Waals surface area contributed by atoms with Crippen molar-refractivity contribution >= 4 is 0 Å². The Balaban J connectivity index is 2.31. The van der Waals surface area contributed by atoms with Gasteiger partial charge in [-0.3, -0.25) is 14.7 Å². The van der Waals surface area contributed by atoms with Crippen molar-refractivity contribution in [2.75, 3.05) is 7.05 Å². The van der Waals surface area contributed by atoms with Gasteiger partial charge in [0.2, 0.25) is 0 Å². The molecule has 0 saturated carbocycles. The quantitative estimate of drug-likeness (QED) is 0.793. The third-order valence-electron chi connectivity index (χ3n) is 4.02. The number of aromatic nitrogens is 2. The van der Waals surface area contributed by atoms with E-state index in [0.717, 1.165) is 5.56 Å². The van der Waals surface area contributed by atoms with E-state index in [2.05, 4.69) is 14.9 Å². The molecule has 0 amide bonds. The van der Waals surface area contributed by atoms with E-state index in [1.54, 1.807) is 0 Å². The van der Waals surface area contributed by atoms with Gasteiger partial charge in [-0.05, 0) is 19.5 Å². The molecule has 5 nitrogen and oxygen atoms in total. The molecule has 0 bridgehead atoms. The SMILES string of the molecule is CN1Cc2c([nH]c(=O)[nH]c2=O)C1(C)c1ccccc1. The van der Waals surface area contributed by atoms with E-state index in [9.17, 15) is 9.59 Å². The second-order valence-corrected chi connectivity index (χ2v) is 5.06. The van der Waals surface area contributed by atoms with Crippen LogP contribution in [0.15, 0.2) is 39.9 Å². The molecule has 1 atom stereocenters. The summed E-state index contributed by atoms with van der Waals surface area (Å²) in [6.07, 6.45) is 0. The first-order valence-electron chi connectivity index (χ1n) is 6.16. The molecule has 0 saturated heterocycles. The monoisotopic (exact) mass is 257 g/mol. The molecular formula is C14H15N3O2. The van der Waals surface area contributed by atoms with Gasteiger partial charge in [0, 0.05) is 6.54 Å². The Kier molecular flexibility index (Phi) is 2.46. The molecule has 2 aromatic rings. The van der Waals surface area contributed by atoms with Gasteiger partial charge in [0.05, 0.1) is 16.8 Å². The van der Waals surface area contributed by atoms with Crippen molar-refractivity contribution in [1.29, 1.82) is 0 Å². The van der Waals surface area contributed by atoms with E-state index in [4.69, 9.17) is 0 Å². The topological polar surface area (TPSA) is 69.0 Å². The van der Waals surface area contributed by atoms with E-state index in [-0.39, 0.29) is 5.56 Å². The molecule has 1 aliphatic heterocycles. The van der Waals surface area contributed by atoms with Crippen LogP contribution in [0.4, 0.5) is 0 Å². The third kappa shape index (κ3) is 1.58. The minimum Gasteiger partial charge on any atom is -0.309 e. The number of benzene rings is 1. The predicted molar refractivity (Wildman–Crippen MR) is 72.0 cm³/mol. The summed E-state index contributed by atoms with van der Waals surface area (Å²) in [4.78, 5) is 30.6. The average molecular weight is 257 g/mol. The molecule has 3 rings (SSSR count). The van der Waals surface area contributed by atoms with E-state index in [1.807, 2.05) is 44.3 Å². The maximum Gasteiger partial charge on any atom is 0.325 e. The van der Waals surface area contributed by atoms with E-state index in [1.165, 1.54) is 0 Å². The van der Waals surface area contributed by atoms with Crippen LogP contribution in [0.5, 0.6) is 0 Å². The van der Waals surface area contributed by atoms with Gasteiger partial charge >= 0.3 is 5.69 Å². The molecule has 0 fully saturated rings. The van der Waals surface area contributed by atoms with Crippen LogP contribution in [-0.4, -0.2) is 21.9 Å². The number of fused-ring (bicyclic) bond motifs is 1.